The van der Waals surface area contributed by atoms with Gasteiger partial charge in [-0.25, -0.2) is 0 Å². The number of carbonyl (C=O) groups is 1. The zero-order valence-electron chi connectivity index (χ0n) is 8.06. The summed E-state index contributed by atoms with van der Waals surface area (Å²) in [5.41, 5.74) is 5.54. The molecule has 4 N–H and O–H groups in total. The van der Waals surface area contributed by atoms with Crippen LogP contribution in [0, 0.1) is 0 Å². The van der Waals surface area contributed by atoms with Crippen LogP contribution in [0.25, 0.3) is 0 Å². The largest absolute Gasteiger partial charge is 0.506 e. The number of phenols is 2. The minimum Gasteiger partial charge on any atom is -0.506 e. The molecule has 0 bridgehead atoms. The van der Waals surface area contributed by atoms with Crippen LogP contribution in [0.4, 0.5) is 5.69 Å². The third-order valence-electron chi connectivity index (χ3n) is 1.84. The number of phenolic OH excluding ortho intramolecular Hbond substituents is 2. The monoisotopic (exact) mass is 233 g/mol. The Balaban J connectivity index is 0.00000196. The van der Waals surface area contributed by atoms with Crippen LogP contribution in [0.2, 0.25) is 0 Å². The summed E-state index contributed by atoms with van der Waals surface area (Å²) in [6, 6.07) is 2.73. The number of nitrogen functional groups attached to an aromatic ring is 1. The SMILES string of the molecule is COC(=O)Cc1ccc(O)c(N)c1O.Cl. The van der Waals surface area contributed by atoms with Crippen molar-refractivity contribution >= 4 is 24.1 Å². The number of aromatic hydroxyl groups is 2. The first-order valence-corrected chi connectivity index (χ1v) is 3.92. The molecule has 0 saturated heterocycles. The van der Waals surface area contributed by atoms with E-state index in [1.807, 2.05) is 0 Å². The molecule has 1 aromatic rings. The summed E-state index contributed by atoms with van der Waals surface area (Å²) in [6.45, 7) is 0. The van der Waals surface area contributed by atoms with Crippen LogP contribution >= 0.6 is 12.4 Å². The van der Waals surface area contributed by atoms with E-state index < -0.39 is 5.97 Å². The van der Waals surface area contributed by atoms with Gasteiger partial charge in [0, 0.05) is 5.56 Å². The number of ether oxygens (including phenoxy) is 1. The maximum absolute atomic E-state index is 10.9. The summed E-state index contributed by atoms with van der Waals surface area (Å²) in [4.78, 5) is 10.9. The average molecular weight is 234 g/mol. The lowest BCUT2D eigenvalue weighted by Gasteiger charge is -2.07. The summed E-state index contributed by atoms with van der Waals surface area (Å²) in [5, 5.41) is 18.5. The van der Waals surface area contributed by atoms with E-state index in [1.54, 1.807) is 0 Å². The molecule has 0 aliphatic rings. The predicted octanol–water partition coefficient (Wildman–Crippen LogP) is 0.817. The molecule has 1 rings (SSSR count). The standard InChI is InChI=1S/C9H11NO4.ClH/c1-14-7(12)4-5-2-3-6(11)8(10)9(5)13;/h2-3,11,13H,4,10H2,1H3;1H. The summed E-state index contributed by atoms with van der Waals surface area (Å²) in [5.74, 6) is -0.975. The molecule has 0 spiro atoms. The Hall–Kier alpha value is -1.62. The van der Waals surface area contributed by atoms with Crippen LogP contribution < -0.4 is 5.73 Å². The molecule has 0 aliphatic carbocycles. The van der Waals surface area contributed by atoms with Gasteiger partial charge in [0.1, 0.15) is 17.2 Å². The first-order valence-electron chi connectivity index (χ1n) is 3.92. The summed E-state index contributed by atoms with van der Waals surface area (Å²) in [7, 11) is 1.25. The third-order valence-corrected chi connectivity index (χ3v) is 1.84. The lowest BCUT2D eigenvalue weighted by molar-refractivity contribution is -0.139. The van der Waals surface area contributed by atoms with Gasteiger partial charge in [0.05, 0.1) is 13.5 Å². The van der Waals surface area contributed by atoms with E-state index in [-0.39, 0.29) is 36.0 Å². The number of carbonyl (C=O) groups excluding carboxylic acids is 1. The number of esters is 1. The van der Waals surface area contributed by atoms with Crippen molar-refractivity contribution < 1.29 is 19.7 Å². The smallest absolute Gasteiger partial charge is 0.310 e. The predicted molar refractivity (Wildman–Crippen MR) is 57.2 cm³/mol. The summed E-state index contributed by atoms with van der Waals surface area (Å²) < 4.78 is 4.43. The number of anilines is 1. The van der Waals surface area contributed by atoms with Gasteiger partial charge in [-0.1, -0.05) is 6.07 Å². The van der Waals surface area contributed by atoms with E-state index in [2.05, 4.69) is 4.74 Å². The van der Waals surface area contributed by atoms with Crippen molar-refractivity contribution in [1.82, 2.24) is 0 Å². The van der Waals surface area contributed by atoms with Crippen molar-refractivity contribution in [3.63, 3.8) is 0 Å². The number of hydrogen-bond acceptors (Lipinski definition) is 5. The fourth-order valence-electron chi connectivity index (χ4n) is 1.01. The Bertz CT molecular complexity index is 367. The number of halogens is 1. The second kappa shape index (κ2) is 5.31. The molecule has 84 valence electrons. The zero-order valence-corrected chi connectivity index (χ0v) is 8.87. The number of nitrogens with two attached hydrogens (primary N) is 1. The first kappa shape index (κ1) is 13.4. The van der Waals surface area contributed by atoms with Crippen molar-refractivity contribution in [2.45, 2.75) is 6.42 Å². The first-order chi connectivity index (χ1) is 6.56. The highest BCUT2D eigenvalue weighted by atomic mass is 35.5. The fourth-order valence-corrected chi connectivity index (χ4v) is 1.01. The van der Waals surface area contributed by atoms with Crippen LogP contribution in [0.15, 0.2) is 12.1 Å². The molecule has 0 heterocycles. The Morgan fingerprint density at radius 1 is 1.47 bits per heavy atom. The minimum atomic E-state index is -0.481. The lowest BCUT2D eigenvalue weighted by Crippen LogP contribution is -2.05. The molecule has 0 unspecified atom stereocenters. The topological polar surface area (TPSA) is 92.8 Å². The summed E-state index contributed by atoms with van der Waals surface area (Å²) >= 11 is 0. The molecular formula is C9H12ClNO4. The number of methoxy groups -OCH3 is 1. The van der Waals surface area contributed by atoms with Crippen molar-refractivity contribution in [1.29, 1.82) is 0 Å². The van der Waals surface area contributed by atoms with E-state index in [1.165, 1.54) is 19.2 Å². The Kier molecular flexibility index (Phi) is 4.73. The van der Waals surface area contributed by atoms with Crippen molar-refractivity contribution in [2.24, 2.45) is 0 Å². The maximum Gasteiger partial charge on any atom is 0.310 e. The van der Waals surface area contributed by atoms with Crippen molar-refractivity contribution in [3.05, 3.63) is 17.7 Å². The van der Waals surface area contributed by atoms with Gasteiger partial charge in [0.25, 0.3) is 0 Å². The fraction of sp³-hybridized carbons (Fsp3) is 0.222. The second-order valence-corrected chi connectivity index (χ2v) is 2.76. The van der Waals surface area contributed by atoms with Crippen LogP contribution in [-0.4, -0.2) is 23.3 Å². The molecule has 1 aromatic carbocycles. The highest BCUT2D eigenvalue weighted by Gasteiger charge is 2.12. The van der Waals surface area contributed by atoms with E-state index in [4.69, 9.17) is 10.8 Å². The molecule has 0 radical (unpaired) electrons. The van der Waals surface area contributed by atoms with Crippen LogP contribution in [0.3, 0.4) is 0 Å². The van der Waals surface area contributed by atoms with Crippen LogP contribution in [0.1, 0.15) is 5.56 Å². The second-order valence-electron chi connectivity index (χ2n) is 2.76. The highest BCUT2D eigenvalue weighted by Crippen LogP contribution is 2.33. The van der Waals surface area contributed by atoms with Gasteiger partial charge in [-0.2, -0.15) is 0 Å². The molecule has 5 nitrogen and oxygen atoms in total. The molecule has 6 heteroatoms. The van der Waals surface area contributed by atoms with E-state index in [0.717, 1.165) is 0 Å². The minimum absolute atomic E-state index is 0. The molecule has 0 saturated carbocycles. The molecule has 0 aliphatic heterocycles. The number of hydrogen-bond donors (Lipinski definition) is 3. The Labute approximate surface area is 92.9 Å². The zero-order chi connectivity index (χ0) is 10.7. The Morgan fingerprint density at radius 3 is 2.60 bits per heavy atom. The molecule has 15 heavy (non-hydrogen) atoms. The quantitative estimate of drug-likeness (QED) is 0.400. The van der Waals surface area contributed by atoms with Crippen molar-refractivity contribution in [3.8, 4) is 11.5 Å². The van der Waals surface area contributed by atoms with Gasteiger partial charge in [-0.05, 0) is 6.07 Å². The van der Waals surface area contributed by atoms with E-state index in [0.29, 0.717) is 5.56 Å². The van der Waals surface area contributed by atoms with Gasteiger partial charge in [0.15, 0.2) is 0 Å². The van der Waals surface area contributed by atoms with Crippen LogP contribution in [-0.2, 0) is 16.0 Å². The number of benzene rings is 1. The van der Waals surface area contributed by atoms with Crippen LogP contribution in [0.5, 0.6) is 11.5 Å². The molecule has 0 aromatic heterocycles. The van der Waals surface area contributed by atoms with Gasteiger partial charge >= 0.3 is 5.97 Å². The van der Waals surface area contributed by atoms with E-state index in [9.17, 15) is 9.90 Å². The lowest BCUT2D eigenvalue weighted by atomic mass is 10.1. The Morgan fingerprint density at radius 2 is 2.07 bits per heavy atom. The molecule has 0 atom stereocenters. The third kappa shape index (κ3) is 2.92. The average Bonchev–Trinajstić information content (AvgIpc) is 2.19. The van der Waals surface area contributed by atoms with Gasteiger partial charge in [0.2, 0.25) is 0 Å². The number of rotatable bonds is 2. The van der Waals surface area contributed by atoms with Gasteiger partial charge in [-0.15, -0.1) is 12.4 Å². The van der Waals surface area contributed by atoms with Gasteiger partial charge in [-0.3, -0.25) is 4.79 Å². The van der Waals surface area contributed by atoms with E-state index >= 15 is 0 Å². The normalized spacial score (nSPS) is 9.13. The molecule has 0 fully saturated rings. The van der Waals surface area contributed by atoms with Gasteiger partial charge < -0.3 is 20.7 Å². The summed E-state index contributed by atoms with van der Waals surface area (Å²) in [6.07, 6.45) is -0.0766. The molecular weight excluding hydrogens is 222 g/mol. The molecule has 0 amide bonds. The highest BCUT2D eigenvalue weighted by molar-refractivity contribution is 5.85. The maximum atomic E-state index is 10.9. The van der Waals surface area contributed by atoms with Crippen molar-refractivity contribution in [2.75, 3.05) is 12.8 Å².